The molecule has 0 spiro atoms. The highest BCUT2D eigenvalue weighted by Gasteiger charge is 2.26. The smallest absolute Gasteiger partial charge is 0.272 e. The molecule has 0 atom stereocenters. The van der Waals surface area contributed by atoms with Crippen LogP contribution in [0.15, 0.2) is 54.6 Å². The molecular formula is C27H33N5O. The number of hydrogen-bond acceptors (Lipinski definition) is 4. The van der Waals surface area contributed by atoms with Crippen LogP contribution in [0.25, 0.3) is 5.69 Å². The molecular weight excluding hydrogens is 410 g/mol. The van der Waals surface area contributed by atoms with Crippen molar-refractivity contribution in [3.05, 3.63) is 77.1 Å². The highest BCUT2D eigenvalue weighted by atomic mass is 16.1. The lowest BCUT2D eigenvalue weighted by Crippen LogP contribution is -2.47. The van der Waals surface area contributed by atoms with Gasteiger partial charge in [-0.25, -0.2) is 4.68 Å². The number of nitrogens with one attached hydrogen (secondary N) is 1. The minimum absolute atomic E-state index is 0.0351. The van der Waals surface area contributed by atoms with Crippen molar-refractivity contribution < 1.29 is 4.79 Å². The lowest BCUT2D eigenvalue weighted by atomic mass is 10.2. The van der Waals surface area contributed by atoms with Crippen LogP contribution in [-0.4, -0.2) is 59.9 Å². The summed E-state index contributed by atoms with van der Waals surface area (Å²) in [5.74, 6) is -0.0351. The fourth-order valence-electron chi connectivity index (χ4n) is 5.05. The van der Waals surface area contributed by atoms with Gasteiger partial charge in [0.25, 0.3) is 5.91 Å². The molecule has 6 nitrogen and oxygen atoms in total. The first-order chi connectivity index (χ1) is 16.2. The molecule has 6 heteroatoms. The lowest BCUT2D eigenvalue weighted by molar-refractivity contribution is 0.0945. The second-order valence-corrected chi connectivity index (χ2v) is 9.15. The van der Waals surface area contributed by atoms with Gasteiger partial charge in [-0.3, -0.25) is 9.69 Å². The Kier molecular flexibility index (Phi) is 6.44. The van der Waals surface area contributed by atoms with E-state index in [2.05, 4.69) is 46.3 Å². The van der Waals surface area contributed by atoms with Gasteiger partial charge in [0, 0.05) is 49.7 Å². The van der Waals surface area contributed by atoms with E-state index in [1.54, 1.807) is 0 Å². The normalized spacial score (nSPS) is 16.1. The second kappa shape index (κ2) is 9.79. The molecule has 1 N–H and O–H groups in total. The molecule has 0 bridgehead atoms. The van der Waals surface area contributed by atoms with Gasteiger partial charge in [0.15, 0.2) is 5.69 Å². The van der Waals surface area contributed by atoms with Gasteiger partial charge >= 0.3 is 0 Å². The maximum Gasteiger partial charge on any atom is 0.272 e. The molecule has 1 fully saturated rings. The summed E-state index contributed by atoms with van der Waals surface area (Å²) in [5, 5.41) is 7.82. The topological polar surface area (TPSA) is 53.4 Å². The molecule has 0 unspecified atom stereocenters. The molecule has 172 valence electrons. The molecule has 2 aromatic carbocycles. The van der Waals surface area contributed by atoms with Crippen LogP contribution >= 0.6 is 0 Å². The van der Waals surface area contributed by atoms with Crippen molar-refractivity contribution in [2.75, 3.05) is 44.2 Å². The van der Waals surface area contributed by atoms with E-state index in [0.29, 0.717) is 12.2 Å². The average Bonchev–Trinajstić information content (AvgIpc) is 3.46. The molecule has 33 heavy (non-hydrogen) atoms. The fraction of sp³-hybridized carbons (Fsp3) is 0.407. The van der Waals surface area contributed by atoms with E-state index < -0.39 is 0 Å². The zero-order valence-electron chi connectivity index (χ0n) is 19.5. The molecule has 3 aromatic rings. The summed E-state index contributed by atoms with van der Waals surface area (Å²) in [4.78, 5) is 17.9. The largest absolute Gasteiger partial charge is 0.369 e. The standard InChI is InChI=1S/C27H33N5O/c1-21-8-5-11-23(20-21)31-18-16-30(17-19-31)15-7-14-28-27(33)26-24-12-6-13-25(24)32(29-26)22-9-3-2-4-10-22/h2-5,8-11,20H,6-7,12-19H2,1H3,(H,28,33). The van der Waals surface area contributed by atoms with Crippen LogP contribution in [0.1, 0.15) is 40.2 Å². The number of carbonyl (C=O) groups excluding carboxylic acids is 1. The third kappa shape index (κ3) is 4.81. The summed E-state index contributed by atoms with van der Waals surface area (Å²) >= 11 is 0. The van der Waals surface area contributed by atoms with Crippen molar-refractivity contribution in [1.29, 1.82) is 0 Å². The van der Waals surface area contributed by atoms with Crippen LogP contribution < -0.4 is 10.2 Å². The quantitative estimate of drug-likeness (QED) is 0.567. The van der Waals surface area contributed by atoms with E-state index in [1.165, 1.54) is 16.9 Å². The van der Waals surface area contributed by atoms with Gasteiger partial charge in [-0.15, -0.1) is 0 Å². The van der Waals surface area contributed by atoms with Crippen molar-refractivity contribution in [3.8, 4) is 5.69 Å². The van der Waals surface area contributed by atoms with Gasteiger partial charge < -0.3 is 10.2 Å². The first-order valence-corrected chi connectivity index (χ1v) is 12.2. The number of nitrogens with zero attached hydrogens (tertiary/aromatic N) is 4. The zero-order valence-corrected chi connectivity index (χ0v) is 19.5. The summed E-state index contributed by atoms with van der Waals surface area (Å²) in [7, 11) is 0. The van der Waals surface area contributed by atoms with Crippen molar-refractivity contribution in [1.82, 2.24) is 20.0 Å². The Balaban J connectivity index is 1.11. The van der Waals surface area contributed by atoms with Crippen LogP contribution in [0.4, 0.5) is 5.69 Å². The average molecular weight is 444 g/mol. The number of benzene rings is 2. The SMILES string of the molecule is Cc1cccc(N2CCN(CCCNC(=O)c3nn(-c4ccccc4)c4c3CCC4)CC2)c1. The number of anilines is 1. The summed E-state index contributed by atoms with van der Waals surface area (Å²) in [6.45, 7) is 8.09. The maximum atomic E-state index is 12.9. The Hall–Kier alpha value is -3.12. The monoisotopic (exact) mass is 443 g/mol. The number of amides is 1. The molecule has 1 aliphatic heterocycles. The molecule has 2 aliphatic rings. The zero-order chi connectivity index (χ0) is 22.6. The molecule has 1 amide bonds. The number of aryl methyl sites for hydroxylation is 1. The van der Waals surface area contributed by atoms with Crippen LogP contribution in [0.3, 0.4) is 0 Å². The summed E-state index contributed by atoms with van der Waals surface area (Å²) < 4.78 is 1.96. The van der Waals surface area contributed by atoms with Gasteiger partial charge in [-0.05, 0) is 69.0 Å². The molecule has 5 rings (SSSR count). The van der Waals surface area contributed by atoms with Gasteiger partial charge in [0.05, 0.1) is 5.69 Å². The highest BCUT2D eigenvalue weighted by molar-refractivity contribution is 5.94. The number of carbonyl (C=O) groups is 1. The summed E-state index contributed by atoms with van der Waals surface area (Å²) in [6, 6.07) is 18.9. The molecule has 1 aromatic heterocycles. The number of para-hydroxylation sites is 1. The third-order valence-corrected chi connectivity index (χ3v) is 6.82. The van der Waals surface area contributed by atoms with Crippen LogP contribution in [0.2, 0.25) is 0 Å². The first kappa shape index (κ1) is 21.7. The van der Waals surface area contributed by atoms with Crippen molar-refractivity contribution in [2.24, 2.45) is 0 Å². The molecule has 2 heterocycles. The lowest BCUT2D eigenvalue weighted by Gasteiger charge is -2.36. The Morgan fingerprint density at radius 2 is 1.76 bits per heavy atom. The Labute approximate surface area is 196 Å². The number of piperazine rings is 1. The molecule has 1 saturated heterocycles. The van der Waals surface area contributed by atoms with E-state index in [0.717, 1.165) is 69.7 Å². The molecule has 0 saturated carbocycles. The van der Waals surface area contributed by atoms with Crippen LogP contribution in [-0.2, 0) is 12.8 Å². The van der Waals surface area contributed by atoms with Crippen LogP contribution in [0.5, 0.6) is 0 Å². The van der Waals surface area contributed by atoms with E-state index in [-0.39, 0.29) is 5.91 Å². The van der Waals surface area contributed by atoms with Gasteiger partial charge in [0.1, 0.15) is 0 Å². The predicted octanol–water partition coefficient (Wildman–Crippen LogP) is 3.61. The highest BCUT2D eigenvalue weighted by Crippen LogP contribution is 2.27. The fourth-order valence-corrected chi connectivity index (χ4v) is 5.05. The predicted molar refractivity (Wildman–Crippen MR) is 132 cm³/mol. The summed E-state index contributed by atoms with van der Waals surface area (Å²) in [5.41, 5.74) is 6.59. The van der Waals surface area contributed by atoms with E-state index >= 15 is 0 Å². The van der Waals surface area contributed by atoms with Crippen LogP contribution in [0, 0.1) is 6.92 Å². The Morgan fingerprint density at radius 3 is 2.55 bits per heavy atom. The van der Waals surface area contributed by atoms with Crippen molar-refractivity contribution in [2.45, 2.75) is 32.6 Å². The second-order valence-electron chi connectivity index (χ2n) is 9.15. The minimum atomic E-state index is -0.0351. The Morgan fingerprint density at radius 1 is 0.970 bits per heavy atom. The van der Waals surface area contributed by atoms with Crippen molar-refractivity contribution in [3.63, 3.8) is 0 Å². The molecule has 1 aliphatic carbocycles. The van der Waals surface area contributed by atoms with E-state index in [4.69, 9.17) is 5.10 Å². The number of fused-ring (bicyclic) bond motifs is 1. The third-order valence-electron chi connectivity index (χ3n) is 6.82. The number of rotatable bonds is 7. The van der Waals surface area contributed by atoms with Crippen molar-refractivity contribution >= 4 is 11.6 Å². The number of aromatic nitrogens is 2. The van der Waals surface area contributed by atoms with Gasteiger partial charge in [0.2, 0.25) is 0 Å². The molecule has 0 radical (unpaired) electrons. The van der Waals surface area contributed by atoms with E-state index in [1.807, 2.05) is 35.0 Å². The van der Waals surface area contributed by atoms with Gasteiger partial charge in [-0.2, -0.15) is 5.10 Å². The maximum absolute atomic E-state index is 12.9. The van der Waals surface area contributed by atoms with Gasteiger partial charge in [-0.1, -0.05) is 30.3 Å². The first-order valence-electron chi connectivity index (χ1n) is 12.2. The summed E-state index contributed by atoms with van der Waals surface area (Å²) in [6.07, 6.45) is 3.97. The Bertz CT molecular complexity index is 1100. The van der Waals surface area contributed by atoms with E-state index in [9.17, 15) is 4.79 Å². The minimum Gasteiger partial charge on any atom is -0.369 e. The number of hydrogen-bond donors (Lipinski definition) is 1.